The van der Waals surface area contributed by atoms with Crippen LogP contribution in [-0.4, -0.2) is 83.7 Å². The highest BCUT2D eigenvalue weighted by Crippen LogP contribution is 2.67. The van der Waals surface area contributed by atoms with Crippen LogP contribution in [0.3, 0.4) is 0 Å². The van der Waals surface area contributed by atoms with Crippen molar-refractivity contribution in [2.45, 2.75) is 135 Å². The molecule has 59 heavy (non-hydrogen) atoms. The predicted molar refractivity (Wildman–Crippen MR) is 231 cm³/mol. The number of hydrogen-bond acceptors (Lipinski definition) is 12. The van der Waals surface area contributed by atoms with Crippen LogP contribution in [0.2, 0.25) is 18.1 Å². The van der Waals surface area contributed by atoms with Crippen LogP contribution in [0.1, 0.15) is 111 Å². The molecule has 1 aliphatic carbocycles. The largest absolute Gasteiger partial charge is 0.497 e. The van der Waals surface area contributed by atoms with E-state index < -0.39 is 37.1 Å². The Balaban J connectivity index is 1.23. The van der Waals surface area contributed by atoms with E-state index in [4.69, 9.17) is 33.7 Å². The lowest BCUT2D eigenvalue weighted by Crippen LogP contribution is -2.58. The predicted octanol–water partition coefficient (Wildman–Crippen LogP) is 9.40. The number of rotatable bonds is 8. The second-order valence-corrected chi connectivity index (χ2v) is 24.7. The highest BCUT2D eigenvalue weighted by Gasteiger charge is 2.68. The first-order valence-electron chi connectivity index (χ1n) is 20.4. The number of ether oxygens (including phenoxy) is 3. The van der Waals surface area contributed by atoms with E-state index in [2.05, 4.69) is 57.9 Å². The molecule has 2 amide bonds. The molecule has 2 fully saturated rings. The zero-order valence-corrected chi connectivity index (χ0v) is 37.9. The first-order chi connectivity index (χ1) is 27.3. The minimum absolute atomic E-state index is 0.0511. The molecular formula is C44H59N7O7Si. The summed E-state index contributed by atoms with van der Waals surface area (Å²) in [7, 11) is -0.359. The molecule has 316 valence electrons. The van der Waals surface area contributed by atoms with Crippen molar-refractivity contribution in [1.29, 1.82) is 0 Å². The Bertz CT molecular complexity index is 2330. The fourth-order valence-corrected chi connectivity index (χ4v) is 8.88. The molecule has 1 unspecified atom stereocenters. The monoisotopic (exact) mass is 825 g/mol. The van der Waals surface area contributed by atoms with Gasteiger partial charge in [0.15, 0.2) is 14.1 Å². The number of hydrogen-bond donors (Lipinski definition) is 1. The van der Waals surface area contributed by atoms with Gasteiger partial charge in [-0.2, -0.15) is 4.68 Å². The van der Waals surface area contributed by atoms with Gasteiger partial charge < -0.3 is 28.9 Å². The van der Waals surface area contributed by atoms with Gasteiger partial charge >= 0.3 is 12.2 Å². The van der Waals surface area contributed by atoms with E-state index in [-0.39, 0.29) is 28.9 Å². The number of carbonyl (C=O) groups is 3. The van der Waals surface area contributed by atoms with E-state index in [0.29, 0.717) is 51.8 Å². The lowest BCUT2D eigenvalue weighted by molar-refractivity contribution is -0.120. The maximum absolute atomic E-state index is 14.4. The second-order valence-electron chi connectivity index (χ2n) is 19.9. The fraction of sp³-hybridized carbons (Fsp3) is 0.545. The number of aromatic nitrogens is 4. The van der Waals surface area contributed by atoms with Crippen LogP contribution in [0.25, 0.3) is 10.9 Å². The summed E-state index contributed by atoms with van der Waals surface area (Å²) in [5.74, 6) is 2.37. The number of amides is 2. The number of nitrogens with zero attached hydrogens (tertiary/aromatic N) is 6. The van der Waals surface area contributed by atoms with Crippen molar-refractivity contribution in [3.8, 4) is 5.75 Å². The summed E-state index contributed by atoms with van der Waals surface area (Å²) in [4.78, 5) is 54.9. The third-order valence-electron chi connectivity index (χ3n) is 11.7. The Morgan fingerprint density at radius 3 is 2.17 bits per heavy atom. The van der Waals surface area contributed by atoms with Crippen molar-refractivity contribution in [2.75, 3.05) is 35.3 Å². The minimum atomic E-state index is -1.93. The number of fused-ring (bicyclic) bond motifs is 3. The summed E-state index contributed by atoms with van der Waals surface area (Å²) in [5, 5.41) is 8.95. The molecule has 1 N–H and O–H groups in total. The van der Waals surface area contributed by atoms with Gasteiger partial charge in [0.1, 0.15) is 34.4 Å². The van der Waals surface area contributed by atoms with Gasteiger partial charge in [-0.25, -0.2) is 24.5 Å². The molecule has 14 nitrogen and oxygen atoms in total. The molecule has 1 spiro atoms. The molecule has 1 saturated carbocycles. The molecule has 4 heterocycles. The number of nitrogens with one attached hydrogen (secondary N) is 1. The van der Waals surface area contributed by atoms with E-state index in [0.717, 1.165) is 29.4 Å². The van der Waals surface area contributed by atoms with Crippen LogP contribution in [0.4, 0.5) is 32.7 Å². The fourth-order valence-electron chi connectivity index (χ4n) is 7.54. The normalized spacial score (nSPS) is 19.6. The molecule has 4 aromatic rings. The third kappa shape index (κ3) is 7.90. The van der Waals surface area contributed by atoms with E-state index in [9.17, 15) is 14.4 Å². The van der Waals surface area contributed by atoms with E-state index in [1.807, 2.05) is 30.3 Å². The van der Waals surface area contributed by atoms with Gasteiger partial charge in [-0.15, -0.1) is 5.10 Å². The molecule has 3 aliphatic rings. The van der Waals surface area contributed by atoms with Crippen molar-refractivity contribution in [3.63, 3.8) is 0 Å². The number of methoxy groups -OCH3 is 1. The second kappa shape index (κ2) is 14.3. The zero-order valence-electron chi connectivity index (χ0n) is 36.9. The summed E-state index contributed by atoms with van der Waals surface area (Å²) in [5.41, 5.74) is -0.151. The van der Waals surface area contributed by atoms with Crippen LogP contribution < -0.4 is 19.9 Å². The molecule has 2 atom stereocenters. The standard InChI is InChI=1S/C44H59N7O7Si/c1-25(2)36-45-34(21-35(47-36)49-23-28(24-49)58-59(13,14)43(9,10)11)46-37-29-17-15-26(19-33(29)51(48-37)40(54)57-42(6,7)8)31-22-44(31)30-20-27(55-12)16-18-32(30)50(38(44)52)39(53)56-41(3,4)5/h15-21,25,28,31H,22-24H2,1-14H3,(H,45,46,47,48)/t31?,44-/m0/s1. The van der Waals surface area contributed by atoms with Crippen LogP contribution in [0.5, 0.6) is 5.75 Å². The van der Waals surface area contributed by atoms with Gasteiger partial charge in [0.2, 0.25) is 5.91 Å². The Kier molecular flexibility index (Phi) is 10.2. The number of anilines is 4. The lowest BCUT2D eigenvalue weighted by Gasteiger charge is -2.46. The average Bonchev–Trinajstić information content (AvgIpc) is 3.69. The highest BCUT2D eigenvalue weighted by atomic mass is 28.4. The smallest absolute Gasteiger partial charge is 0.435 e. The summed E-state index contributed by atoms with van der Waals surface area (Å²) in [6.07, 6.45) is -0.801. The molecule has 2 aliphatic heterocycles. The quantitative estimate of drug-likeness (QED) is 0.169. The van der Waals surface area contributed by atoms with Crippen molar-refractivity contribution >= 4 is 60.5 Å². The number of carbonyl (C=O) groups excluding carboxylic acids is 3. The first kappa shape index (κ1) is 42.1. The Morgan fingerprint density at radius 2 is 1.56 bits per heavy atom. The Hall–Kier alpha value is -5.02. The molecule has 0 bridgehead atoms. The SMILES string of the molecule is COc1ccc2c(c1)[C@]1(CC1c1ccc3c(Nc4cc(N5CC(O[Si](C)(C)C(C)(C)C)C5)nc(C(C)C)n4)nn(C(=O)OC(C)(C)C)c3c1)C(=O)N2C(=O)OC(C)(C)C. The lowest BCUT2D eigenvalue weighted by atomic mass is 9.91. The van der Waals surface area contributed by atoms with Crippen molar-refractivity contribution in [3.05, 3.63) is 59.4 Å². The maximum atomic E-state index is 14.4. The molecular weight excluding hydrogens is 767 g/mol. The molecule has 1 saturated heterocycles. The van der Waals surface area contributed by atoms with Gasteiger partial charge in [0.05, 0.1) is 29.8 Å². The topological polar surface area (TPSA) is 150 Å². The summed E-state index contributed by atoms with van der Waals surface area (Å²) >= 11 is 0. The van der Waals surface area contributed by atoms with Gasteiger partial charge in [-0.05, 0) is 108 Å². The van der Waals surface area contributed by atoms with Crippen LogP contribution in [-0.2, 0) is 24.1 Å². The zero-order chi connectivity index (χ0) is 43.2. The number of imide groups is 1. The van der Waals surface area contributed by atoms with E-state index >= 15 is 0 Å². The minimum Gasteiger partial charge on any atom is -0.497 e. The molecule has 15 heteroatoms. The summed E-state index contributed by atoms with van der Waals surface area (Å²) in [6, 6.07) is 12.9. The molecule has 2 aromatic heterocycles. The van der Waals surface area contributed by atoms with Crippen LogP contribution in [0, 0.1) is 0 Å². The van der Waals surface area contributed by atoms with Crippen molar-refractivity contribution < 1.29 is 33.0 Å². The van der Waals surface area contributed by atoms with Crippen molar-refractivity contribution in [1.82, 2.24) is 19.7 Å². The van der Waals surface area contributed by atoms with Gasteiger partial charge in [0.25, 0.3) is 0 Å². The molecule has 7 rings (SSSR count). The van der Waals surface area contributed by atoms with Crippen LogP contribution >= 0.6 is 0 Å². The van der Waals surface area contributed by atoms with Gasteiger partial charge in [-0.1, -0.05) is 40.7 Å². The van der Waals surface area contributed by atoms with Crippen molar-refractivity contribution in [2.24, 2.45) is 0 Å². The highest BCUT2D eigenvalue weighted by molar-refractivity contribution is 6.74. The average molecular weight is 826 g/mol. The molecule has 0 radical (unpaired) electrons. The summed E-state index contributed by atoms with van der Waals surface area (Å²) < 4.78 is 25.0. The van der Waals surface area contributed by atoms with E-state index in [1.54, 1.807) is 60.8 Å². The molecule has 2 aromatic carbocycles. The maximum Gasteiger partial charge on any atom is 0.435 e. The number of benzene rings is 2. The first-order valence-corrected chi connectivity index (χ1v) is 23.3. The third-order valence-corrected chi connectivity index (χ3v) is 16.2. The Morgan fingerprint density at radius 1 is 0.898 bits per heavy atom. The summed E-state index contributed by atoms with van der Waals surface area (Å²) in [6.45, 7) is 27.6. The van der Waals surface area contributed by atoms with Gasteiger partial charge in [-0.3, -0.25) is 4.79 Å². The van der Waals surface area contributed by atoms with Crippen LogP contribution in [0.15, 0.2) is 42.5 Å². The van der Waals surface area contributed by atoms with E-state index in [1.165, 1.54) is 4.68 Å². The Labute approximate surface area is 348 Å². The van der Waals surface area contributed by atoms with Gasteiger partial charge in [0, 0.05) is 36.4 Å².